The van der Waals surface area contributed by atoms with Crippen LogP contribution in [0.1, 0.15) is 5.69 Å². The van der Waals surface area contributed by atoms with Gasteiger partial charge in [-0.1, -0.05) is 6.07 Å². The first-order valence-corrected chi connectivity index (χ1v) is 10.00. The zero-order valence-corrected chi connectivity index (χ0v) is 16.5. The Hall–Kier alpha value is -2.86. The number of hydrogen-bond acceptors (Lipinski definition) is 5. The second kappa shape index (κ2) is 6.95. The molecular formula is C22H26N6. The zero-order valence-electron chi connectivity index (χ0n) is 16.5. The van der Waals surface area contributed by atoms with Crippen molar-refractivity contribution in [3.05, 3.63) is 54.4 Å². The number of piperazine rings is 1. The van der Waals surface area contributed by atoms with Crippen molar-refractivity contribution in [2.75, 3.05) is 49.6 Å². The lowest BCUT2D eigenvalue weighted by molar-refractivity contribution is 0.313. The van der Waals surface area contributed by atoms with E-state index in [0.29, 0.717) is 0 Å². The van der Waals surface area contributed by atoms with Gasteiger partial charge in [0.25, 0.3) is 0 Å². The summed E-state index contributed by atoms with van der Waals surface area (Å²) in [6, 6.07) is 15.0. The van der Waals surface area contributed by atoms with Crippen LogP contribution in [-0.2, 0) is 6.54 Å². The standard InChI is InChI=1S/C22H26N6/c1-17-4-3-5-20(23-17)21-16-27-14-15-28(22(27)24-21)19-8-6-18(7-9-19)26-12-10-25(2)11-13-26/h3-9,16H,10-15H2,1-2H3. The number of hydrogen-bond donors (Lipinski definition) is 0. The van der Waals surface area contributed by atoms with E-state index in [1.54, 1.807) is 0 Å². The molecule has 0 radical (unpaired) electrons. The number of rotatable bonds is 3. The summed E-state index contributed by atoms with van der Waals surface area (Å²) in [6.45, 7) is 8.36. The summed E-state index contributed by atoms with van der Waals surface area (Å²) in [5, 5.41) is 0. The predicted molar refractivity (Wildman–Crippen MR) is 113 cm³/mol. The molecule has 0 spiro atoms. The van der Waals surface area contributed by atoms with Crippen LogP contribution in [0.2, 0.25) is 0 Å². The second-order valence-electron chi connectivity index (χ2n) is 7.74. The molecule has 2 aliphatic heterocycles. The maximum absolute atomic E-state index is 4.89. The number of fused-ring (bicyclic) bond motifs is 1. The van der Waals surface area contributed by atoms with Crippen molar-refractivity contribution in [2.24, 2.45) is 0 Å². The third-order valence-corrected chi connectivity index (χ3v) is 5.74. The molecule has 2 aliphatic rings. The van der Waals surface area contributed by atoms with Gasteiger partial charge in [-0.15, -0.1) is 0 Å². The average molecular weight is 374 g/mol. The van der Waals surface area contributed by atoms with Crippen LogP contribution in [0.4, 0.5) is 17.3 Å². The summed E-state index contributed by atoms with van der Waals surface area (Å²) in [5.74, 6) is 1.01. The molecule has 0 aliphatic carbocycles. The minimum Gasteiger partial charge on any atom is -0.369 e. The fourth-order valence-corrected chi connectivity index (χ4v) is 4.06. The Morgan fingerprint density at radius 3 is 2.25 bits per heavy atom. The molecule has 0 atom stereocenters. The molecule has 0 amide bonds. The van der Waals surface area contributed by atoms with E-state index >= 15 is 0 Å². The summed E-state index contributed by atoms with van der Waals surface area (Å²) in [5.41, 5.74) is 5.40. The van der Waals surface area contributed by atoms with Gasteiger partial charge in [0.05, 0.1) is 5.69 Å². The Labute approximate surface area is 166 Å². The molecule has 6 nitrogen and oxygen atoms in total. The molecule has 0 unspecified atom stereocenters. The summed E-state index contributed by atoms with van der Waals surface area (Å²) in [4.78, 5) is 16.7. The molecule has 6 heteroatoms. The Morgan fingerprint density at radius 2 is 1.50 bits per heavy atom. The third-order valence-electron chi connectivity index (χ3n) is 5.74. The monoisotopic (exact) mass is 374 g/mol. The summed E-state index contributed by atoms with van der Waals surface area (Å²) >= 11 is 0. The van der Waals surface area contributed by atoms with E-state index in [4.69, 9.17) is 4.98 Å². The minimum atomic E-state index is 0.937. The van der Waals surface area contributed by atoms with Gasteiger partial charge in [0.1, 0.15) is 5.69 Å². The second-order valence-corrected chi connectivity index (χ2v) is 7.74. The molecule has 2 aromatic heterocycles. The Bertz CT molecular complexity index is 969. The van der Waals surface area contributed by atoms with E-state index < -0.39 is 0 Å². The highest BCUT2D eigenvalue weighted by atomic mass is 15.4. The number of likely N-dealkylation sites (N-methyl/N-ethyl adjacent to an activating group) is 1. The minimum absolute atomic E-state index is 0.937. The summed E-state index contributed by atoms with van der Waals surface area (Å²) in [7, 11) is 2.19. The largest absolute Gasteiger partial charge is 0.369 e. The third kappa shape index (κ3) is 3.14. The molecule has 0 saturated carbocycles. The van der Waals surface area contributed by atoms with Crippen molar-refractivity contribution in [1.82, 2.24) is 19.4 Å². The van der Waals surface area contributed by atoms with E-state index in [0.717, 1.165) is 62.3 Å². The lowest BCUT2D eigenvalue weighted by Crippen LogP contribution is -2.44. The van der Waals surface area contributed by atoms with Crippen LogP contribution >= 0.6 is 0 Å². The van der Waals surface area contributed by atoms with Crippen LogP contribution < -0.4 is 9.80 Å². The first-order chi connectivity index (χ1) is 13.7. The lowest BCUT2D eigenvalue weighted by Gasteiger charge is -2.34. The van der Waals surface area contributed by atoms with Gasteiger partial charge in [0, 0.05) is 62.5 Å². The molecule has 1 fully saturated rings. The summed E-state index contributed by atoms with van der Waals surface area (Å²) < 4.78 is 2.23. The van der Waals surface area contributed by atoms with E-state index in [1.807, 2.05) is 25.1 Å². The predicted octanol–water partition coefficient (Wildman–Crippen LogP) is 3.16. The topological polar surface area (TPSA) is 40.4 Å². The zero-order chi connectivity index (χ0) is 19.1. The summed E-state index contributed by atoms with van der Waals surface area (Å²) in [6.07, 6.45) is 2.12. The van der Waals surface area contributed by atoms with Gasteiger partial charge in [0.15, 0.2) is 0 Å². The maximum Gasteiger partial charge on any atom is 0.210 e. The van der Waals surface area contributed by atoms with E-state index in [9.17, 15) is 0 Å². The average Bonchev–Trinajstić information content (AvgIpc) is 3.30. The van der Waals surface area contributed by atoms with Crippen LogP contribution in [0, 0.1) is 6.92 Å². The van der Waals surface area contributed by atoms with Gasteiger partial charge >= 0.3 is 0 Å². The van der Waals surface area contributed by atoms with Crippen molar-refractivity contribution < 1.29 is 0 Å². The molecule has 3 aromatic rings. The Kier molecular flexibility index (Phi) is 4.28. The normalized spacial score (nSPS) is 17.2. The molecule has 1 saturated heterocycles. The van der Waals surface area contributed by atoms with Crippen molar-refractivity contribution in [1.29, 1.82) is 0 Å². The van der Waals surface area contributed by atoms with E-state index in [1.165, 1.54) is 11.4 Å². The first kappa shape index (κ1) is 17.3. The molecular weight excluding hydrogens is 348 g/mol. The van der Waals surface area contributed by atoms with Crippen molar-refractivity contribution in [3.8, 4) is 11.4 Å². The molecule has 0 bridgehead atoms. The van der Waals surface area contributed by atoms with Crippen molar-refractivity contribution >= 4 is 17.3 Å². The van der Waals surface area contributed by atoms with E-state index in [2.05, 4.69) is 61.8 Å². The van der Waals surface area contributed by atoms with Crippen LogP contribution in [-0.4, -0.2) is 59.2 Å². The molecule has 1 aromatic carbocycles. The van der Waals surface area contributed by atoms with Gasteiger partial charge in [-0.3, -0.25) is 4.98 Å². The lowest BCUT2D eigenvalue weighted by atomic mass is 10.2. The highest BCUT2D eigenvalue weighted by Crippen LogP contribution is 2.33. The first-order valence-electron chi connectivity index (χ1n) is 10.00. The van der Waals surface area contributed by atoms with Crippen LogP contribution in [0.5, 0.6) is 0 Å². The van der Waals surface area contributed by atoms with E-state index in [-0.39, 0.29) is 0 Å². The Morgan fingerprint density at radius 1 is 0.750 bits per heavy atom. The molecule has 144 valence electrons. The number of benzene rings is 1. The number of aromatic nitrogens is 3. The van der Waals surface area contributed by atoms with Gasteiger partial charge < -0.3 is 19.3 Å². The number of imidazole rings is 1. The number of pyridine rings is 1. The van der Waals surface area contributed by atoms with Crippen molar-refractivity contribution in [3.63, 3.8) is 0 Å². The highest BCUT2D eigenvalue weighted by molar-refractivity contribution is 5.66. The molecule has 0 N–H and O–H groups in total. The van der Waals surface area contributed by atoms with Crippen LogP contribution in [0.15, 0.2) is 48.7 Å². The molecule has 5 rings (SSSR count). The molecule has 28 heavy (non-hydrogen) atoms. The SMILES string of the molecule is Cc1cccc(-c2cn3c(n2)N(c2ccc(N4CCN(C)CC4)cc2)CC3)n1. The smallest absolute Gasteiger partial charge is 0.210 e. The van der Waals surface area contributed by atoms with Crippen molar-refractivity contribution in [2.45, 2.75) is 13.5 Å². The molecule has 4 heterocycles. The van der Waals surface area contributed by atoms with Crippen LogP contribution in [0.25, 0.3) is 11.4 Å². The highest BCUT2D eigenvalue weighted by Gasteiger charge is 2.24. The fraction of sp³-hybridized carbons (Fsp3) is 0.364. The van der Waals surface area contributed by atoms with Gasteiger partial charge in [0.2, 0.25) is 5.95 Å². The number of aryl methyl sites for hydroxylation is 1. The van der Waals surface area contributed by atoms with Gasteiger partial charge in [-0.05, 0) is 50.4 Å². The fourth-order valence-electron chi connectivity index (χ4n) is 4.06. The quantitative estimate of drug-likeness (QED) is 0.704. The van der Waals surface area contributed by atoms with Gasteiger partial charge in [-0.25, -0.2) is 4.98 Å². The van der Waals surface area contributed by atoms with Gasteiger partial charge in [-0.2, -0.15) is 0 Å². The maximum atomic E-state index is 4.89. The number of anilines is 3. The Balaban J connectivity index is 1.37. The number of nitrogens with zero attached hydrogens (tertiary/aromatic N) is 6. The van der Waals surface area contributed by atoms with Crippen LogP contribution in [0.3, 0.4) is 0 Å².